The molecule has 4 nitrogen and oxygen atoms in total. The van der Waals surface area contributed by atoms with E-state index in [1.807, 2.05) is 0 Å². The van der Waals surface area contributed by atoms with Gasteiger partial charge in [-0.05, 0) is 18.2 Å². The molecule has 1 heterocycles. The maximum atomic E-state index is 11.8. The van der Waals surface area contributed by atoms with Crippen LogP contribution in [0.4, 0.5) is 5.69 Å². The normalized spacial score (nSPS) is 10.4. The SMILES string of the molecule is O=C(Cn1cnc(Cl)c1Cl)Nc1cccc(Cl)c1. The summed E-state index contributed by atoms with van der Waals surface area (Å²) in [7, 11) is 0. The Labute approximate surface area is 118 Å². The van der Waals surface area contributed by atoms with Gasteiger partial charge in [0.15, 0.2) is 5.15 Å². The molecule has 0 atom stereocenters. The maximum absolute atomic E-state index is 11.8. The van der Waals surface area contributed by atoms with Gasteiger partial charge in [-0.1, -0.05) is 40.9 Å². The molecule has 0 bridgehead atoms. The molecule has 18 heavy (non-hydrogen) atoms. The fourth-order valence-corrected chi connectivity index (χ4v) is 1.87. The second-order valence-corrected chi connectivity index (χ2v) is 4.67. The molecule has 0 aliphatic carbocycles. The van der Waals surface area contributed by atoms with Crippen LogP contribution in [-0.4, -0.2) is 15.5 Å². The second kappa shape index (κ2) is 5.61. The Morgan fingerprint density at radius 3 is 2.72 bits per heavy atom. The first-order chi connectivity index (χ1) is 8.56. The van der Waals surface area contributed by atoms with Crippen LogP contribution in [0.3, 0.4) is 0 Å². The average Bonchev–Trinajstić information content (AvgIpc) is 2.61. The molecule has 2 rings (SSSR count). The zero-order valence-electron chi connectivity index (χ0n) is 9.03. The van der Waals surface area contributed by atoms with Gasteiger partial charge < -0.3 is 9.88 Å². The molecule has 0 spiro atoms. The molecule has 1 amide bonds. The van der Waals surface area contributed by atoms with Crippen LogP contribution < -0.4 is 5.32 Å². The van der Waals surface area contributed by atoms with Gasteiger partial charge in [-0.15, -0.1) is 0 Å². The van der Waals surface area contributed by atoms with Gasteiger partial charge >= 0.3 is 0 Å². The van der Waals surface area contributed by atoms with E-state index in [0.29, 0.717) is 10.7 Å². The van der Waals surface area contributed by atoms with E-state index in [4.69, 9.17) is 34.8 Å². The monoisotopic (exact) mass is 303 g/mol. The second-order valence-electron chi connectivity index (χ2n) is 3.51. The summed E-state index contributed by atoms with van der Waals surface area (Å²) in [6.45, 7) is 0.0328. The molecule has 0 aliphatic rings. The first kappa shape index (κ1) is 13.2. The van der Waals surface area contributed by atoms with Crippen LogP contribution in [0.15, 0.2) is 30.6 Å². The summed E-state index contributed by atoms with van der Waals surface area (Å²) in [6, 6.07) is 6.87. The smallest absolute Gasteiger partial charge is 0.244 e. The summed E-state index contributed by atoms with van der Waals surface area (Å²) >= 11 is 17.3. The topological polar surface area (TPSA) is 46.9 Å². The zero-order chi connectivity index (χ0) is 13.1. The predicted octanol–water partition coefficient (Wildman–Crippen LogP) is 3.48. The molecule has 0 fully saturated rings. The summed E-state index contributed by atoms with van der Waals surface area (Å²) in [5.41, 5.74) is 0.620. The molecule has 1 aromatic carbocycles. The van der Waals surface area contributed by atoms with Crippen LogP contribution in [0.2, 0.25) is 15.3 Å². The molecule has 2 aromatic rings. The molecule has 0 saturated carbocycles. The Morgan fingerprint density at radius 1 is 1.33 bits per heavy atom. The van der Waals surface area contributed by atoms with Gasteiger partial charge in [0.2, 0.25) is 5.91 Å². The minimum absolute atomic E-state index is 0.0328. The lowest BCUT2D eigenvalue weighted by Gasteiger charge is -2.06. The number of halogens is 3. The van der Waals surface area contributed by atoms with Crippen LogP contribution in [0, 0.1) is 0 Å². The van der Waals surface area contributed by atoms with Crippen LogP contribution in [0.5, 0.6) is 0 Å². The molecule has 1 N–H and O–H groups in total. The lowest BCUT2D eigenvalue weighted by molar-refractivity contribution is -0.116. The summed E-state index contributed by atoms with van der Waals surface area (Å²) in [6.07, 6.45) is 1.40. The molecule has 94 valence electrons. The van der Waals surface area contributed by atoms with Crippen molar-refractivity contribution in [2.45, 2.75) is 6.54 Å². The fraction of sp³-hybridized carbons (Fsp3) is 0.0909. The van der Waals surface area contributed by atoms with Crippen molar-refractivity contribution in [1.29, 1.82) is 0 Å². The van der Waals surface area contributed by atoms with E-state index in [9.17, 15) is 4.79 Å². The largest absolute Gasteiger partial charge is 0.324 e. The number of rotatable bonds is 3. The van der Waals surface area contributed by atoms with Crippen LogP contribution in [0.25, 0.3) is 0 Å². The number of hydrogen-bond donors (Lipinski definition) is 1. The number of carbonyl (C=O) groups excluding carboxylic acids is 1. The number of hydrogen-bond acceptors (Lipinski definition) is 2. The highest BCUT2D eigenvalue weighted by molar-refractivity contribution is 6.40. The van der Waals surface area contributed by atoms with Crippen molar-refractivity contribution in [3.8, 4) is 0 Å². The zero-order valence-corrected chi connectivity index (χ0v) is 11.3. The molecule has 0 aliphatic heterocycles. The third-order valence-electron chi connectivity index (χ3n) is 2.16. The van der Waals surface area contributed by atoms with E-state index in [0.717, 1.165) is 0 Å². The summed E-state index contributed by atoms with van der Waals surface area (Å²) in [5, 5.41) is 3.65. The molecular weight excluding hydrogens is 297 g/mol. The molecule has 0 radical (unpaired) electrons. The van der Waals surface area contributed by atoms with Crippen molar-refractivity contribution in [1.82, 2.24) is 9.55 Å². The van der Waals surface area contributed by atoms with Gasteiger partial charge in [0.1, 0.15) is 11.7 Å². The summed E-state index contributed by atoms with van der Waals surface area (Å²) in [4.78, 5) is 15.5. The highest BCUT2D eigenvalue weighted by Crippen LogP contribution is 2.19. The first-order valence-electron chi connectivity index (χ1n) is 4.98. The number of imidazole rings is 1. The van der Waals surface area contributed by atoms with Crippen LogP contribution in [-0.2, 0) is 11.3 Å². The van der Waals surface area contributed by atoms with E-state index in [2.05, 4.69) is 10.3 Å². The Morgan fingerprint density at radius 2 is 2.11 bits per heavy atom. The quantitative estimate of drug-likeness (QED) is 0.943. The summed E-state index contributed by atoms with van der Waals surface area (Å²) < 4.78 is 1.45. The van der Waals surface area contributed by atoms with Crippen molar-refractivity contribution in [3.05, 3.63) is 45.9 Å². The van der Waals surface area contributed by atoms with Crippen LogP contribution >= 0.6 is 34.8 Å². The number of nitrogens with zero attached hydrogens (tertiary/aromatic N) is 2. The van der Waals surface area contributed by atoms with E-state index >= 15 is 0 Å². The van der Waals surface area contributed by atoms with Crippen molar-refractivity contribution in [2.75, 3.05) is 5.32 Å². The average molecular weight is 305 g/mol. The predicted molar refractivity (Wildman–Crippen MR) is 72.3 cm³/mol. The third kappa shape index (κ3) is 3.16. The van der Waals surface area contributed by atoms with Gasteiger partial charge in [-0.3, -0.25) is 4.79 Å². The minimum atomic E-state index is -0.242. The molecule has 0 saturated heterocycles. The van der Waals surface area contributed by atoms with Gasteiger partial charge in [0.25, 0.3) is 0 Å². The lowest BCUT2D eigenvalue weighted by atomic mass is 10.3. The van der Waals surface area contributed by atoms with Crippen molar-refractivity contribution in [2.24, 2.45) is 0 Å². The first-order valence-corrected chi connectivity index (χ1v) is 6.11. The van der Waals surface area contributed by atoms with Gasteiger partial charge in [-0.25, -0.2) is 4.98 Å². The van der Waals surface area contributed by atoms with Crippen molar-refractivity contribution >= 4 is 46.4 Å². The lowest BCUT2D eigenvalue weighted by Crippen LogP contribution is -2.18. The van der Waals surface area contributed by atoms with E-state index < -0.39 is 0 Å². The van der Waals surface area contributed by atoms with Crippen molar-refractivity contribution in [3.63, 3.8) is 0 Å². The minimum Gasteiger partial charge on any atom is -0.324 e. The number of anilines is 1. The van der Waals surface area contributed by atoms with Gasteiger partial charge in [-0.2, -0.15) is 0 Å². The maximum Gasteiger partial charge on any atom is 0.244 e. The Kier molecular flexibility index (Phi) is 4.11. The standard InChI is InChI=1S/C11H8Cl3N3O/c12-7-2-1-3-8(4-7)16-9(18)5-17-6-15-10(13)11(17)14/h1-4,6H,5H2,(H,16,18). The Balaban J connectivity index is 2.03. The number of benzene rings is 1. The summed E-state index contributed by atoms with van der Waals surface area (Å²) in [5.74, 6) is -0.242. The van der Waals surface area contributed by atoms with E-state index in [1.165, 1.54) is 10.9 Å². The van der Waals surface area contributed by atoms with E-state index in [-0.39, 0.29) is 22.8 Å². The fourth-order valence-electron chi connectivity index (χ4n) is 1.37. The van der Waals surface area contributed by atoms with Gasteiger partial charge in [0, 0.05) is 10.7 Å². The number of amides is 1. The third-order valence-corrected chi connectivity index (χ3v) is 3.16. The number of carbonyl (C=O) groups is 1. The highest BCUT2D eigenvalue weighted by atomic mass is 35.5. The molecule has 7 heteroatoms. The number of aromatic nitrogens is 2. The Bertz CT molecular complexity index is 583. The number of nitrogens with one attached hydrogen (secondary N) is 1. The van der Waals surface area contributed by atoms with Crippen LogP contribution in [0.1, 0.15) is 0 Å². The van der Waals surface area contributed by atoms with Gasteiger partial charge in [0.05, 0.1) is 6.33 Å². The Hall–Kier alpha value is -1.23. The molecule has 1 aromatic heterocycles. The van der Waals surface area contributed by atoms with E-state index in [1.54, 1.807) is 24.3 Å². The van der Waals surface area contributed by atoms with Crippen molar-refractivity contribution < 1.29 is 4.79 Å². The molecular formula is C11H8Cl3N3O. The highest BCUT2D eigenvalue weighted by Gasteiger charge is 2.10. The molecule has 0 unspecified atom stereocenters.